The zero-order valence-electron chi connectivity index (χ0n) is 17.1. The molecule has 0 saturated carbocycles. The largest absolute Gasteiger partial charge is 0.459 e. The Labute approximate surface area is 194 Å². The Kier molecular flexibility index (Phi) is 8.71. The maximum atomic E-state index is 12.4. The van der Waals surface area contributed by atoms with Crippen molar-refractivity contribution in [2.24, 2.45) is 4.99 Å². The number of aliphatic imine (C=N–C) groups is 1. The number of sulfone groups is 1. The van der Waals surface area contributed by atoms with Gasteiger partial charge in [0.15, 0.2) is 21.6 Å². The standard InChI is InChI=1S/C20H26N4O4S.HI/c1-3-21-20(22-15-16-6-8-17(9-7-16)29(2,26)27)24-12-10-23(11-13-24)19(25)18-5-4-14-28-18;/h4-9,14H,3,10-13,15H2,1-2H3,(H,21,22);1H. The van der Waals surface area contributed by atoms with Crippen LogP contribution in [0.1, 0.15) is 23.0 Å². The Morgan fingerprint density at radius 1 is 1.10 bits per heavy atom. The highest BCUT2D eigenvalue weighted by Crippen LogP contribution is 2.12. The molecule has 0 spiro atoms. The summed E-state index contributed by atoms with van der Waals surface area (Å²) in [6, 6.07) is 10.2. The lowest BCUT2D eigenvalue weighted by atomic mass is 10.2. The second-order valence-electron chi connectivity index (χ2n) is 6.84. The molecule has 3 rings (SSSR count). The van der Waals surface area contributed by atoms with Crippen LogP contribution < -0.4 is 5.32 Å². The van der Waals surface area contributed by atoms with Crippen molar-refractivity contribution >= 4 is 45.7 Å². The summed E-state index contributed by atoms with van der Waals surface area (Å²) in [6.07, 6.45) is 2.70. The van der Waals surface area contributed by atoms with Crippen molar-refractivity contribution in [2.75, 3.05) is 39.0 Å². The smallest absolute Gasteiger partial charge is 0.289 e. The summed E-state index contributed by atoms with van der Waals surface area (Å²) in [5, 5.41) is 3.29. The first kappa shape index (κ1) is 24.2. The van der Waals surface area contributed by atoms with Crippen LogP contribution >= 0.6 is 24.0 Å². The fraction of sp³-hybridized carbons (Fsp3) is 0.400. The topological polar surface area (TPSA) is 95.2 Å². The lowest BCUT2D eigenvalue weighted by molar-refractivity contribution is 0.0657. The first-order valence-electron chi connectivity index (χ1n) is 9.53. The molecular weight excluding hydrogens is 519 g/mol. The van der Waals surface area contributed by atoms with Gasteiger partial charge in [-0.3, -0.25) is 4.79 Å². The van der Waals surface area contributed by atoms with E-state index in [-0.39, 0.29) is 29.9 Å². The monoisotopic (exact) mass is 546 g/mol. The maximum absolute atomic E-state index is 12.4. The van der Waals surface area contributed by atoms with Crippen LogP contribution in [0, 0.1) is 0 Å². The molecule has 1 fully saturated rings. The van der Waals surface area contributed by atoms with Crippen molar-refractivity contribution in [3.63, 3.8) is 0 Å². The van der Waals surface area contributed by atoms with Crippen LogP contribution in [0.25, 0.3) is 0 Å². The van der Waals surface area contributed by atoms with Gasteiger partial charge in [0, 0.05) is 39.0 Å². The molecule has 0 aliphatic carbocycles. The summed E-state index contributed by atoms with van der Waals surface area (Å²) in [4.78, 5) is 21.3. The molecule has 2 heterocycles. The van der Waals surface area contributed by atoms with Gasteiger partial charge in [0.05, 0.1) is 17.7 Å². The molecule has 1 N–H and O–H groups in total. The Morgan fingerprint density at radius 2 is 1.73 bits per heavy atom. The molecule has 10 heteroatoms. The third-order valence-electron chi connectivity index (χ3n) is 4.70. The number of piperazine rings is 1. The molecule has 8 nitrogen and oxygen atoms in total. The molecule has 1 aliphatic rings. The van der Waals surface area contributed by atoms with E-state index in [9.17, 15) is 13.2 Å². The zero-order chi connectivity index (χ0) is 20.9. The molecule has 1 saturated heterocycles. The van der Waals surface area contributed by atoms with E-state index < -0.39 is 9.84 Å². The van der Waals surface area contributed by atoms with E-state index in [1.54, 1.807) is 41.3 Å². The summed E-state index contributed by atoms with van der Waals surface area (Å²) in [6.45, 7) is 5.71. The molecule has 0 radical (unpaired) electrons. The number of hydrogen-bond acceptors (Lipinski definition) is 5. The number of guanidine groups is 1. The number of hydrogen-bond donors (Lipinski definition) is 1. The van der Waals surface area contributed by atoms with Crippen LogP contribution in [0.3, 0.4) is 0 Å². The number of carbonyl (C=O) groups excluding carboxylic acids is 1. The van der Waals surface area contributed by atoms with Gasteiger partial charge >= 0.3 is 0 Å². The minimum Gasteiger partial charge on any atom is -0.459 e. The number of nitrogens with one attached hydrogen (secondary N) is 1. The van der Waals surface area contributed by atoms with Gasteiger partial charge in [0.25, 0.3) is 5.91 Å². The highest BCUT2D eigenvalue weighted by molar-refractivity contribution is 14.0. The van der Waals surface area contributed by atoms with Crippen molar-refractivity contribution in [3.05, 3.63) is 54.0 Å². The Bertz CT molecular complexity index is 951. The Morgan fingerprint density at radius 3 is 2.27 bits per heavy atom. The van der Waals surface area contributed by atoms with Gasteiger partial charge < -0.3 is 19.5 Å². The second kappa shape index (κ2) is 10.8. The molecule has 1 aliphatic heterocycles. The molecule has 1 aromatic heterocycles. The highest BCUT2D eigenvalue weighted by Gasteiger charge is 2.25. The molecule has 1 aromatic carbocycles. The van der Waals surface area contributed by atoms with Gasteiger partial charge in [-0.2, -0.15) is 0 Å². The quantitative estimate of drug-likeness (QED) is 0.351. The van der Waals surface area contributed by atoms with E-state index in [2.05, 4.69) is 15.2 Å². The summed E-state index contributed by atoms with van der Waals surface area (Å²) in [5.41, 5.74) is 0.930. The molecule has 0 bridgehead atoms. The molecular formula is C20H27IN4O4S. The summed E-state index contributed by atoms with van der Waals surface area (Å²) in [5.74, 6) is 1.05. The third-order valence-corrected chi connectivity index (χ3v) is 5.82. The van der Waals surface area contributed by atoms with Crippen LogP contribution in [0.15, 0.2) is 57.0 Å². The van der Waals surface area contributed by atoms with Gasteiger partial charge in [-0.25, -0.2) is 13.4 Å². The average molecular weight is 546 g/mol. The minimum absolute atomic E-state index is 0. The fourth-order valence-corrected chi connectivity index (χ4v) is 3.74. The first-order chi connectivity index (χ1) is 13.9. The van der Waals surface area contributed by atoms with Gasteiger partial charge in [0.2, 0.25) is 0 Å². The molecule has 30 heavy (non-hydrogen) atoms. The van der Waals surface area contributed by atoms with E-state index in [4.69, 9.17) is 4.42 Å². The highest BCUT2D eigenvalue weighted by atomic mass is 127. The minimum atomic E-state index is -3.20. The SMILES string of the molecule is CCNC(=NCc1ccc(S(C)(=O)=O)cc1)N1CCN(C(=O)c2ccco2)CC1.I. The van der Waals surface area contributed by atoms with Crippen molar-refractivity contribution in [2.45, 2.75) is 18.4 Å². The molecule has 0 unspecified atom stereocenters. The van der Waals surface area contributed by atoms with Crippen LogP contribution in [-0.2, 0) is 16.4 Å². The van der Waals surface area contributed by atoms with Gasteiger partial charge in [0.1, 0.15) is 0 Å². The third kappa shape index (κ3) is 6.21. The lowest BCUT2D eigenvalue weighted by Crippen LogP contribution is -2.53. The molecule has 2 aromatic rings. The Balaban J connectivity index is 0.00000320. The van der Waals surface area contributed by atoms with E-state index in [1.165, 1.54) is 12.5 Å². The normalized spacial score (nSPS) is 14.9. The lowest BCUT2D eigenvalue weighted by Gasteiger charge is -2.36. The van der Waals surface area contributed by atoms with E-state index in [0.717, 1.165) is 18.1 Å². The number of nitrogens with zero attached hydrogens (tertiary/aromatic N) is 3. The number of amides is 1. The van der Waals surface area contributed by atoms with Crippen molar-refractivity contribution < 1.29 is 17.6 Å². The van der Waals surface area contributed by atoms with E-state index in [1.807, 2.05) is 6.92 Å². The van der Waals surface area contributed by atoms with E-state index >= 15 is 0 Å². The second-order valence-corrected chi connectivity index (χ2v) is 8.86. The van der Waals surface area contributed by atoms with Crippen molar-refractivity contribution in [1.29, 1.82) is 0 Å². The molecule has 0 atom stereocenters. The van der Waals surface area contributed by atoms with Crippen molar-refractivity contribution in [3.8, 4) is 0 Å². The van der Waals surface area contributed by atoms with Crippen molar-refractivity contribution in [1.82, 2.24) is 15.1 Å². The number of rotatable bonds is 5. The predicted molar refractivity (Wildman–Crippen MR) is 126 cm³/mol. The van der Waals surface area contributed by atoms with Gasteiger partial charge in [-0.05, 0) is 36.8 Å². The van der Waals surface area contributed by atoms with Crippen LogP contribution in [0.2, 0.25) is 0 Å². The summed E-state index contributed by atoms with van der Waals surface area (Å²) >= 11 is 0. The fourth-order valence-electron chi connectivity index (χ4n) is 3.11. The predicted octanol–water partition coefficient (Wildman–Crippen LogP) is 2.22. The number of carbonyl (C=O) groups is 1. The molecule has 164 valence electrons. The van der Waals surface area contributed by atoms with Crippen LogP contribution in [0.5, 0.6) is 0 Å². The average Bonchev–Trinajstić information content (AvgIpc) is 3.25. The van der Waals surface area contributed by atoms with Gasteiger partial charge in [-0.1, -0.05) is 12.1 Å². The Hall–Kier alpha value is -2.08. The van der Waals surface area contributed by atoms with Crippen LogP contribution in [-0.4, -0.2) is 69.1 Å². The zero-order valence-corrected chi connectivity index (χ0v) is 20.2. The molecule has 1 amide bonds. The maximum Gasteiger partial charge on any atom is 0.289 e. The first-order valence-corrected chi connectivity index (χ1v) is 11.4. The van der Waals surface area contributed by atoms with Gasteiger partial charge in [-0.15, -0.1) is 24.0 Å². The van der Waals surface area contributed by atoms with Crippen LogP contribution in [0.4, 0.5) is 0 Å². The summed E-state index contributed by atoms with van der Waals surface area (Å²) in [7, 11) is -3.20. The summed E-state index contributed by atoms with van der Waals surface area (Å²) < 4.78 is 28.3. The number of furan rings is 1. The number of halogens is 1. The number of benzene rings is 1. The van der Waals surface area contributed by atoms with E-state index in [0.29, 0.717) is 43.4 Å².